The van der Waals surface area contributed by atoms with E-state index in [-0.39, 0.29) is 0 Å². The van der Waals surface area contributed by atoms with Crippen molar-refractivity contribution in [3.05, 3.63) is 21.8 Å². The summed E-state index contributed by atoms with van der Waals surface area (Å²) in [7, 11) is 1.59. The Morgan fingerprint density at radius 3 is 2.82 bits per heavy atom. The Hall–Kier alpha value is 0.108. The predicted molar refractivity (Wildman–Crippen MR) is 51.8 cm³/mol. The van der Waals surface area contributed by atoms with Gasteiger partial charge in [0.15, 0.2) is 0 Å². The summed E-state index contributed by atoms with van der Waals surface area (Å²) < 4.78 is 17.6. The summed E-state index contributed by atoms with van der Waals surface area (Å²) >= 11 is 1.21. The van der Waals surface area contributed by atoms with Crippen LogP contribution in [0.2, 0.25) is 0 Å². The van der Waals surface area contributed by atoms with Crippen molar-refractivity contribution in [3.63, 3.8) is 0 Å². The second-order valence-electron chi connectivity index (χ2n) is 1.91. The Morgan fingerprint density at radius 1 is 1.55 bits per heavy atom. The first-order valence-electron chi connectivity index (χ1n) is 2.95. The third-order valence-electron chi connectivity index (χ3n) is 1.24. The van der Waals surface area contributed by atoms with E-state index in [1.807, 2.05) is 18.2 Å². The molecule has 0 saturated heterocycles. The maximum atomic E-state index is 10.6. The zero-order chi connectivity index (χ0) is 8.27. The molecule has 0 aliphatic heterocycles. The number of methoxy groups -OCH3 is 1. The van der Waals surface area contributed by atoms with Crippen molar-refractivity contribution in [1.82, 2.24) is 0 Å². The quantitative estimate of drug-likeness (QED) is 0.599. The second kappa shape index (κ2) is 4.21. The molecule has 0 N–H and O–H groups in total. The van der Waals surface area contributed by atoms with E-state index in [0.717, 1.165) is 13.7 Å². The van der Waals surface area contributed by atoms with Gasteiger partial charge in [0.05, 0.1) is 0 Å². The average molecular weight is 324 g/mol. The molecule has 58 valence electrons. The van der Waals surface area contributed by atoms with E-state index >= 15 is 0 Å². The monoisotopic (exact) mass is 324 g/mol. The molecule has 11 heavy (non-hydrogen) atoms. The molecule has 1 aromatic carbocycles. The van der Waals surface area contributed by atoms with Gasteiger partial charge in [-0.25, -0.2) is 0 Å². The molecule has 2 nitrogen and oxygen atoms in total. The number of hydrogen-bond acceptors (Lipinski definition) is 2. The van der Waals surface area contributed by atoms with Crippen LogP contribution in [-0.4, -0.2) is 22.8 Å². The van der Waals surface area contributed by atoms with Gasteiger partial charge in [-0.1, -0.05) is 0 Å². The fourth-order valence-corrected chi connectivity index (χ4v) is 1.99. The molecule has 0 saturated carbocycles. The van der Waals surface area contributed by atoms with Crippen molar-refractivity contribution in [2.45, 2.75) is 0 Å². The SMILES string of the molecule is COc1cc(I)ccc1[As]=O. The van der Waals surface area contributed by atoms with Gasteiger partial charge in [0.25, 0.3) is 0 Å². The summed E-state index contributed by atoms with van der Waals surface area (Å²) in [6.45, 7) is 0. The molecule has 0 amide bonds. The van der Waals surface area contributed by atoms with Crippen molar-refractivity contribution in [2.75, 3.05) is 7.11 Å². The van der Waals surface area contributed by atoms with E-state index < -0.39 is 15.7 Å². The van der Waals surface area contributed by atoms with Crippen LogP contribution in [0.1, 0.15) is 0 Å². The van der Waals surface area contributed by atoms with Gasteiger partial charge in [-0.3, -0.25) is 0 Å². The molecular formula is C7H6AsIO2. The molecule has 1 rings (SSSR count). The molecule has 0 bridgehead atoms. The van der Waals surface area contributed by atoms with Gasteiger partial charge in [-0.2, -0.15) is 0 Å². The molecule has 0 aliphatic carbocycles. The fraction of sp³-hybridized carbons (Fsp3) is 0.143. The van der Waals surface area contributed by atoms with Crippen LogP contribution >= 0.6 is 22.6 Å². The van der Waals surface area contributed by atoms with E-state index in [1.165, 1.54) is 0 Å². The van der Waals surface area contributed by atoms with E-state index in [0.29, 0.717) is 0 Å². The van der Waals surface area contributed by atoms with Crippen LogP contribution in [0.15, 0.2) is 18.2 Å². The molecule has 0 fully saturated rings. The maximum absolute atomic E-state index is 10.6. The minimum absolute atomic E-state index is 0.729. The van der Waals surface area contributed by atoms with Gasteiger partial charge in [0, 0.05) is 0 Å². The third-order valence-corrected chi connectivity index (χ3v) is 3.10. The summed E-state index contributed by atoms with van der Waals surface area (Å²) in [5.74, 6) is 0.729. The first kappa shape index (κ1) is 9.20. The van der Waals surface area contributed by atoms with Crippen LogP contribution in [0.25, 0.3) is 0 Å². The summed E-state index contributed by atoms with van der Waals surface area (Å²) in [5.41, 5.74) is 0. The molecule has 1 aromatic rings. The standard InChI is InChI=1S/C7H6AsIO2/c1-11-7-4-5(9)2-3-6(7)8-10/h2-4H,1H3. The van der Waals surface area contributed by atoms with Crippen LogP contribution < -0.4 is 9.09 Å². The van der Waals surface area contributed by atoms with Crippen LogP contribution in [0.3, 0.4) is 0 Å². The van der Waals surface area contributed by atoms with Gasteiger partial charge in [0.1, 0.15) is 0 Å². The summed E-state index contributed by atoms with van der Waals surface area (Å²) in [6, 6.07) is 5.64. The number of halogens is 1. The molecule has 0 heterocycles. The zero-order valence-corrected chi connectivity index (χ0v) is 9.91. The molecule has 0 spiro atoms. The van der Waals surface area contributed by atoms with Crippen molar-refractivity contribution in [2.24, 2.45) is 0 Å². The Kier molecular flexibility index (Phi) is 3.52. The van der Waals surface area contributed by atoms with Crippen LogP contribution in [0.5, 0.6) is 5.75 Å². The van der Waals surface area contributed by atoms with Gasteiger partial charge >= 0.3 is 85.7 Å². The van der Waals surface area contributed by atoms with Crippen LogP contribution in [-0.2, 0) is 3.74 Å². The van der Waals surface area contributed by atoms with E-state index in [2.05, 4.69) is 22.6 Å². The Bertz CT molecular complexity index is 275. The Morgan fingerprint density at radius 2 is 2.27 bits per heavy atom. The number of rotatable bonds is 2. The summed E-state index contributed by atoms with van der Waals surface area (Å²) in [6.07, 6.45) is 0. The number of benzene rings is 1. The van der Waals surface area contributed by atoms with Gasteiger partial charge in [-0.15, -0.1) is 0 Å². The van der Waals surface area contributed by atoms with Gasteiger partial charge in [0.2, 0.25) is 0 Å². The van der Waals surface area contributed by atoms with E-state index in [9.17, 15) is 3.74 Å². The molecular weight excluding hydrogens is 318 g/mol. The predicted octanol–water partition coefficient (Wildman–Crippen LogP) is 0.975. The number of hydrogen-bond donors (Lipinski definition) is 0. The van der Waals surface area contributed by atoms with Crippen molar-refractivity contribution in [3.8, 4) is 5.75 Å². The minimum atomic E-state index is -0.979. The third kappa shape index (κ3) is 2.27. The normalized spacial score (nSPS) is 10.0. The van der Waals surface area contributed by atoms with Crippen molar-refractivity contribution in [1.29, 1.82) is 0 Å². The van der Waals surface area contributed by atoms with E-state index in [1.54, 1.807) is 7.11 Å². The zero-order valence-electron chi connectivity index (χ0n) is 5.87. The van der Waals surface area contributed by atoms with Crippen molar-refractivity contribution < 1.29 is 8.48 Å². The molecule has 4 heteroatoms. The van der Waals surface area contributed by atoms with Crippen LogP contribution in [0.4, 0.5) is 0 Å². The number of ether oxygens (including phenoxy) is 1. The first-order chi connectivity index (χ1) is 5.27. The molecule has 0 radical (unpaired) electrons. The second-order valence-corrected chi connectivity index (χ2v) is 4.55. The van der Waals surface area contributed by atoms with Gasteiger partial charge < -0.3 is 0 Å². The Balaban J connectivity index is 3.16. The molecule has 0 aromatic heterocycles. The first-order valence-corrected chi connectivity index (χ1v) is 5.73. The van der Waals surface area contributed by atoms with Gasteiger partial charge in [-0.05, 0) is 0 Å². The Labute approximate surface area is 85.4 Å². The molecule has 0 unspecified atom stereocenters. The topological polar surface area (TPSA) is 26.3 Å². The summed E-state index contributed by atoms with van der Waals surface area (Å²) in [4.78, 5) is 0. The van der Waals surface area contributed by atoms with Crippen LogP contribution in [0, 0.1) is 3.57 Å². The fourth-order valence-electron chi connectivity index (χ4n) is 0.727. The van der Waals surface area contributed by atoms with E-state index in [4.69, 9.17) is 4.74 Å². The molecule has 0 aliphatic rings. The van der Waals surface area contributed by atoms with Crippen molar-refractivity contribution >= 4 is 42.6 Å². The average Bonchev–Trinajstić information content (AvgIpc) is 2.04. The molecule has 0 atom stereocenters. The summed E-state index contributed by atoms with van der Waals surface area (Å²) in [5, 5.41) is 0.